The second-order valence-corrected chi connectivity index (χ2v) is 8.36. The summed E-state index contributed by atoms with van der Waals surface area (Å²) >= 11 is 0. The van der Waals surface area contributed by atoms with Gasteiger partial charge in [0, 0.05) is 24.4 Å². The zero-order valence-electron chi connectivity index (χ0n) is 13.5. The molecule has 0 radical (unpaired) electrons. The van der Waals surface area contributed by atoms with Crippen molar-refractivity contribution in [1.29, 1.82) is 0 Å². The third kappa shape index (κ3) is 3.39. The first-order valence-corrected chi connectivity index (χ1v) is 7.98. The molecule has 1 heterocycles. The summed E-state index contributed by atoms with van der Waals surface area (Å²) in [6.07, 6.45) is 5.57. The van der Waals surface area contributed by atoms with Crippen LogP contribution in [0.15, 0.2) is 0 Å². The molecular weight excluding hydrogens is 234 g/mol. The molecule has 2 atom stereocenters. The average molecular weight is 265 g/mol. The zero-order valence-corrected chi connectivity index (χ0v) is 13.5. The molecule has 0 aromatic rings. The summed E-state index contributed by atoms with van der Waals surface area (Å²) in [5, 5.41) is 0. The van der Waals surface area contributed by atoms with Crippen molar-refractivity contribution in [2.45, 2.75) is 72.3 Å². The van der Waals surface area contributed by atoms with Crippen molar-refractivity contribution < 1.29 is 4.79 Å². The molecule has 2 heteroatoms. The summed E-state index contributed by atoms with van der Waals surface area (Å²) in [5.74, 6) is 1.51. The Balaban J connectivity index is 2.00. The molecule has 19 heavy (non-hydrogen) atoms. The van der Waals surface area contributed by atoms with Crippen molar-refractivity contribution in [3.05, 3.63) is 0 Å². The van der Waals surface area contributed by atoms with Crippen LogP contribution in [0.5, 0.6) is 0 Å². The lowest BCUT2D eigenvalue weighted by Gasteiger charge is -2.40. The predicted octanol–water partition coefficient (Wildman–Crippen LogP) is 3.89. The second-order valence-electron chi connectivity index (χ2n) is 8.36. The van der Waals surface area contributed by atoms with E-state index in [0.717, 1.165) is 25.8 Å². The fraction of sp³-hybridized carbons (Fsp3) is 0.941. The number of Topliss-reactive ketones (excluding diaryl/α,β-unsaturated/α-hetero) is 1. The molecule has 2 rings (SSSR count). The highest BCUT2D eigenvalue weighted by molar-refractivity contribution is 5.82. The van der Waals surface area contributed by atoms with Crippen LogP contribution in [-0.4, -0.2) is 29.3 Å². The summed E-state index contributed by atoms with van der Waals surface area (Å²) < 4.78 is 0. The van der Waals surface area contributed by atoms with E-state index in [4.69, 9.17) is 0 Å². The summed E-state index contributed by atoms with van der Waals surface area (Å²) in [6, 6.07) is 0. The highest BCUT2D eigenvalue weighted by Crippen LogP contribution is 2.40. The molecule has 2 unspecified atom stereocenters. The SMILES string of the molecule is CC(C)(C)C1CCC(=O)C(CN2CCCC2(C)C)C1. The first kappa shape index (κ1) is 15.0. The van der Waals surface area contributed by atoms with E-state index in [1.807, 2.05) is 0 Å². The van der Waals surface area contributed by atoms with Crippen molar-refractivity contribution in [2.75, 3.05) is 13.1 Å². The smallest absolute Gasteiger partial charge is 0.137 e. The molecule has 0 spiro atoms. The van der Waals surface area contributed by atoms with E-state index in [1.165, 1.54) is 19.4 Å². The number of ketones is 1. The third-order valence-electron chi connectivity index (χ3n) is 5.50. The van der Waals surface area contributed by atoms with Crippen LogP contribution in [0.3, 0.4) is 0 Å². The van der Waals surface area contributed by atoms with Crippen LogP contribution < -0.4 is 0 Å². The molecule has 2 fully saturated rings. The second kappa shape index (κ2) is 5.20. The summed E-state index contributed by atoms with van der Waals surface area (Å²) in [7, 11) is 0. The van der Waals surface area contributed by atoms with Gasteiger partial charge in [0.2, 0.25) is 0 Å². The Kier molecular flexibility index (Phi) is 4.11. The largest absolute Gasteiger partial charge is 0.299 e. The Hall–Kier alpha value is -0.370. The minimum absolute atomic E-state index is 0.287. The van der Waals surface area contributed by atoms with Gasteiger partial charge in [0.1, 0.15) is 5.78 Å². The van der Waals surface area contributed by atoms with E-state index < -0.39 is 0 Å². The van der Waals surface area contributed by atoms with Gasteiger partial charge in [0.25, 0.3) is 0 Å². The van der Waals surface area contributed by atoms with E-state index in [1.54, 1.807) is 0 Å². The molecule has 1 saturated carbocycles. The van der Waals surface area contributed by atoms with Crippen LogP contribution in [0, 0.1) is 17.3 Å². The van der Waals surface area contributed by atoms with Crippen LogP contribution in [0.4, 0.5) is 0 Å². The first-order valence-electron chi connectivity index (χ1n) is 7.98. The van der Waals surface area contributed by atoms with Gasteiger partial charge in [0.05, 0.1) is 0 Å². The molecule has 0 aromatic carbocycles. The van der Waals surface area contributed by atoms with Crippen molar-refractivity contribution in [3.63, 3.8) is 0 Å². The Morgan fingerprint density at radius 3 is 2.53 bits per heavy atom. The summed E-state index contributed by atoms with van der Waals surface area (Å²) in [6.45, 7) is 13.8. The Bertz CT molecular complexity index is 340. The third-order valence-corrected chi connectivity index (χ3v) is 5.50. The van der Waals surface area contributed by atoms with Crippen LogP contribution in [0.2, 0.25) is 0 Å². The van der Waals surface area contributed by atoms with Gasteiger partial charge in [-0.1, -0.05) is 20.8 Å². The fourth-order valence-corrected chi connectivity index (χ4v) is 3.84. The molecule has 2 aliphatic rings. The van der Waals surface area contributed by atoms with Crippen LogP contribution >= 0.6 is 0 Å². The molecular formula is C17H31NO. The van der Waals surface area contributed by atoms with Gasteiger partial charge in [-0.05, 0) is 57.4 Å². The normalized spacial score (nSPS) is 32.8. The van der Waals surface area contributed by atoms with Gasteiger partial charge in [-0.3, -0.25) is 9.69 Å². The zero-order chi connectivity index (χ0) is 14.3. The Morgan fingerprint density at radius 2 is 2.00 bits per heavy atom. The van der Waals surface area contributed by atoms with E-state index in [0.29, 0.717) is 22.7 Å². The fourth-order valence-electron chi connectivity index (χ4n) is 3.84. The molecule has 2 nitrogen and oxygen atoms in total. The molecule has 1 aliphatic heterocycles. The van der Waals surface area contributed by atoms with Crippen LogP contribution in [0.25, 0.3) is 0 Å². The van der Waals surface area contributed by atoms with E-state index in [-0.39, 0.29) is 5.92 Å². The van der Waals surface area contributed by atoms with Crippen molar-refractivity contribution in [1.82, 2.24) is 4.90 Å². The van der Waals surface area contributed by atoms with Crippen LogP contribution in [-0.2, 0) is 4.79 Å². The maximum absolute atomic E-state index is 12.2. The highest BCUT2D eigenvalue weighted by atomic mass is 16.1. The topological polar surface area (TPSA) is 20.3 Å². The summed E-state index contributed by atoms with van der Waals surface area (Å²) in [4.78, 5) is 14.8. The van der Waals surface area contributed by atoms with E-state index in [9.17, 15) is 4.79 Å². The van der Waals surface area contributed by atoms with Gasteiger partial charge in [-0.15, -0.1) is 0 Å². The monoisotopic (exact) mass is 265 g/mol. The lowest BCUT2D eigenvalue weighted by Crippen LogP contribution is -2.45. The molecule has 0 N–H and O–H groups in total. The number of hydrogen-bond donors (Lipinski definition) is 0. The lowest BCUT2D eigenvalue weighted by molar-refractivity contribution is -0.127. The van der Waals surface area contributed by atoms with Gasteiger partial charge in [0.15, 0.2) is 0 Å². The van der Waals surface area contributed by atoms with Crippen molar-refractivity contribution >= 4 is 5.78 Å². The van der Waals surface area contributed by atoms with Gasteiger partial charge in [-0.25, -0.2) is 0 Å². The number of rotatable bonds is 2. The average Bonchev–Trinajstić information content (AvgIpc) is 2.60. The highest BCUT2D eigenvalue weighted by Gasteiger charge is 2.39. The molecule has 1 saturated heterocycles. The molecule has 0 bridgehead atoms. The van der Waals surface area contributed by atoms with Gasteiger partial charge < -0.3 is 0 Å². The first-order chi connectivity index (χ1) is 8.70. The molecule has 0 amide bonds. The standard InChI is InChI=1S/C17H31NO/c1-16(2,3)14-7-8-15(19)13(11-14)12-18-10-6-9-17(18,4)5/h13-14H,6-12H2,1-5H3. The Labute approximate surface area is 118 Å². The van der Waals surface area contributed by atoms with Crippen molar-refractivity contribution in [2.24, 2.45) is 17.3 Å². The maximum Gasteiger partial charge on any atom is 0.137 e. The molecule has 0 aromatic heterocycles. The number of likely N-dealkylation sites (tertiary alicyclic amines) is 1. The van der Waals surface area contributed by atoms with Crippen LogP contribution in [0.1, 0.15) is 66.7 Å². The number of carbonyl (C=O) groups excluding carboxylic acids is 1. The number of hydrogen-bond acceptors (Lipinski definition) is 2. The van der Waals surface area contributed by atoms with E-state index in [2.05, 4.69) is 39.5 Å². The quantitative estimate of drug-likeness (QED) is 0.755. The number of nitrogens with zero attached hydrogens (tertiary/aromatic N) is 1. The summed E-state index contributed by atoms with van der Waals surface area (Å²) in [5.41, 5.74) is 0.647. The maximum atomic E-state index is 12.2. The number of carbonyl (C=O) groups is 1. The lowest BCUT2D eigenvalue weighted by atomic mass is 9.68. The Morgan fingerprint density at radius 1 is 1.32 bits per heavy atom. The van der Waals surface area contributed by atoms with Gasteiger partial charge >= 0.3 is 0 Å². The molecule has 1 aliphatic carbocycles. The minimum Gasteiger partial charge on any atom is -0.299 e. The minimum atomic E-state index is 0.287. The van der Waals surface area contributed by atoms with Crippen molar-refractivity contribution in [3.8, 4) is 0 Å². The van der Waals surface area contributed by atoms with Gasteiger partial charge in [-0.2, -0.15) is 0 Å². The van der Waals surface area contributed by atoms with E-state index >= 15 is 0 Å². The molecule has 110 valence electrons. The predicted molar refractivity (Wildman–Crippen MR) is 80.2 cm³/mol.